The van der Waals surface area contributed by atoms with E-state index in [-0.39, 0.29) is 0 Å². The van der Waals surface area contributed by atoms with Crippen LogP contribution in [0, 0.1) is 11.3 Å². The number of aliphatic imine (C=N–C) groups is 1. The molecule has 0 atom stereocenters. The maximum absolute atomic E-state index is 9.37. The highest BCUT2D eigenvalue weighted by Crippen LogP contribution is 2.26. The summed E-state index contributed by atoms with van der Waals surface area (Å²) in [5.41, 5.74) is 2.03. The highest BCUT2D eigenvalue weighted by atomic mass is 35.5. The highest BCUT2D eigenvalue weighted by molar-refractivity contribution is 6.30. The summed E-state index contributed by atoms with van der Waals surface area (Å²) in [4.78, 5) is 4.30. The number of nitrogens with one attached hydrogen (secondary N) is 2. The van der Waals surface area contributed by atoms with Crippen LogP contribution in [-0.4, -0.2) is 16.4 Å². The number of benzene rings is 2. The molecule has 112 valence electrons. The summed E-state index contributed by atoms with van der Waals surface area (Å²) < 4.78 is 0. The summed E-state index contributed by atoms with van der Waals surface area (Å²) in [6, 6.07) is 18.9. The molecule has 0 aliphatic carbocycles. The second kappa shape index (κ2) is 6.77. The third-order valence-electron chi connectivity index (χ3n) is 3.09. The van der Waals surface area contributed by atoms with Crippen LogP contribution in [0.2, 0.25) is 5.02 Å². The normalized spacial score (nSPS) is 10.6. The molecule has 5 nitrogen and oxygen atoms in total. The van der Waals surface area contributed by atoms with Crippen LogP contribution in [-0.2, 0) is 0 Å². The molecule has 3 aromatic rings. The maximum atomic E-state index is 9.37. The topological polar surface area (TPSA) is 76.9 Å². The molecule has 0 fully saturated rings. The zero-order chi connectivity index (χ0) is 16.1. The van der Waals surface area contributed by atoms with E-state index in [0.717, 1.165) is 11.3 Å². The van der Waals surface area contributed by atoms with E-state index in [4.69, 9.17) is 11.6 Å². The highest BCUT2D eigenvalue weighted by Gasteiger charge is 2.12. The van der Waals surface area contributed by atoms with Gasteiger partial charge in [0.05, 0.1) is 0 Å². The molecule has 3 rings (SSSR count). The number of anilines is 2. The summed E-state index contributed by atoms with van der Waals surface area (Å²) >= 11 is 5.95. The van der Waals surface area contributed by atoms with Crippen LogP contribution >= 0.6 is 11.6 Å². The van der Waals surface area contributed by atoms with Crippen LogP contribution in [0.5, 0.6) is 0 Å². The summed E-state index contributed by atoms with van der Waals surface area (Å²) in [7, 11) is 0. The first-order valence-electron chi connectivity index (χ1n) is 6.86. The van der Waals surface area contributed by atoms with Gasteiger partial charge in [0.1, 0.15) is 11.6 Å². The van der Waals surface area contributed by atoms with Gasteiger partial charge in [0.2, 0.25) is 0 Å². The Morgan fingerprint density at radius 2 is 2.00 bits per heavy atom. The zero-order valence-electron chi connectivity index (χ0n) is 12.0. The molecule has 0 saturated heterocycles. The monoisotopic (exact) mass is 321 g/mol. The molecular formula is C17H12ClN5. The summed E-state index contributed by atoms with van der Waals surface area (Å²) in [5.74, 6) is 0.816. The number of halogens is 1. The maximum Gasteiger partial charge on any atom is 0.172 e. The lowest BCUT2D eigenvalue weighted by Gasteiger charge is -2.03. The van der Waals surface area contributed by atoms with Crippen LogP contribution in [0.15, 0.2) is 59.6 Å². The van der Waals surface area contributed by atoms with Gasteiger partial charge in [-0.15, -0.1) is 0 Å². The second-order valence-electron chi connectivity index (χ2n) is 4.71. The van der Waals surface area contributed by atoms with E-state index < -0.39 is 0 Å². The van der Waals surface area contributed by atoms with E-state index in [0.29, 0.717) is 22.2 Å². The number of nitriles is 1. The van der Waals surface area contributed by atoms with Gasteiger partial charge in [-0.3, -0.25) is 5.10 Å². The van der Waals surface area contributed by atoms with Crippen molar-refractivity contribution in [1.29, 1.82) is 5.26 Å². The Bertz CT molecular complexity index is 877. The van der Waals surface area contributed by atoms with Crippen LogP contribution in [0.1, 0.15) is 11.1 Å². The van der Waals surface area contributed by atoms with E-state index >= 15 is 0 Å². The molecule has 23 heavy (non-hydrogen) atoms. The SMILES string of the molecule is N#Cc1c(Nc2cccc(Cl)c2)n[nH]c1/N=C/c1ccccc1. The van der Waals surface area contributed by atoms with Gasteiger partial charge in [-0.25, -0.2) is 4.99 Å². The molecule has 1 aromatic heterocycles. The van der Waals surface area contributed by atoms with Crippen LogP contribution < -0.4 is 5.32 Å². The molecule has 2 aromatic carbocycles. The van der Waals surface area contributed by atoms with Crippen LogP contribution in [0.3, 0.4) is 0 Å². The predicted molar refractivity (Wildman–Crippen MR) is 91.7 cm³/mol. The first-order valence-corrected chi connectivity index (χ1v) is 7.24. The molecule has 6 heteroatoms. The zero-order valence-corrected chi connectivity index (χ0v) is 12.7. The molecular weight excluding hydrogens is 310 g/mol. The number of hydrogen-bond donors (Lipinski definition) is 2. The summed E-state index contributed by atoms with van der Waals surface area (Å²) in [5, 5.41) is 19.9. The van der Waals surface area contributed by atoms with Crippen molar-refractivity contribution in [1.82, 2.24) is 10.2 Å². The quantitative estimate of drug-likeness (QED) is 0.698. The van der Waals surface area contributed by atoms with Gasteiger partial charge in [0, 0.05) is 16.9 Å². The van der Waals surface area contributed by atoms with E-state index in [9.17, 15) is 5.26 Å². The molecule has 2 N–H and O–H groups in total. The summed E-state index contributed by atoms with van der Waals surface area (Å²) in [6.45, 7) is 0. The van der Waals surface area contributed by atoms with E-state index in [1.165, 1.54) is 0 Å². The Morgan fingerprint density at radius 1 is 1.17 bits per heavy atom. The van der Waals surface area contributed by atoms with Crippen LogP contribution in [0.25, 0.3) is 0 Å². The van der Waals surface area contributed by atoms with Gasteiger partial charge < -0.3 is 5.32 Å². The molecule has 0 aliphatic rings. The Balaban J connectivity index is 1.85. The van der Waals surface area contributed by atoms with Crippen molar-refractivity contribution in [2.24, 2.45) is 4.99 Å². The Morgan fingerprint density at radius 3 is 2.74 bits per heavy atom. The number of rotatable bonds is 4. The standard InChI is InChI=1S/C17H12ClN5/c18-13-7-4-8-14(9-13)21-17-15(10-19)16(22-23-17)20-11-12-5-2-1-3-6-12/h1-9,11H,(H2,21,22,23)/b20-11+. The number of nitrogens with zero attached hydrogens (tertiary/aromatic N) is 3. The Labute approximate surface area is 138 Å². The van der Waals surface area contributed by atoms with E-state index in [1.54, 1.807) is 18.3 Å². The van der Waals surface area contributed by atoms with Gasteiger partial charge >= 0.3 is 0 Å². The molecule has 0 saturated carbocycles. The van der Waals surface area contributed by atoms with Crippen molar-refractivity contribution in [3.63, 3.8) is 0 Å². The number of H-pyrrole nitrogens is 1. The molecule has 0 amide bonds. The lowest BCUT2D eigenvalue weighted by Crippen LogP contribution is -1.92. The minimum Gasteiger partial charge on any atom is -0.338 e. The van der Waals surface area contributed by atoms with Crippen molar-refractivity contribution in [2.75, 3.05) is 5.32 Å². The molecule has 0 unspecified atom stereocenters. The fraction of sp³-hybridized carbons (Fsp3) is 0. The number of hydrogen-bond acceptors (Lipinski definition) is 4. The minimum atomic E-state index is 0.345. The van der Waals surface area contributed by atoms with Gasteiger partial charge in [0.25, 0.3) is 0 Å². The van der Waals surface area contributed by atoms with Crippen molar-refractivity contribution < 1.29 is 0 Å². The lowest BCUT2D eigenvalue weighted by atomic mass is 10.2. The third kappa shape index (κ3) is 3.57. The minimum absolute atomic E-state index is 0.345. The van der Waals surface area contributed by atoms with Gasteiger partial charge in [-0.1, -0.05) is 48.0 Å². The summed E-state index contributed by atoms with van der Waals surface area (Å²) in [6.07, 6.45) is 1.68. The predicted octanol–water partition coefficient (Wildman–Crippen LogP) is 4.43. The Kier molecular flexibility index (Phi) is 4.37. The van der Waals surface area contributed by atoms with E-state index in [2.05, 4.69) is 26.6 Å². The van der Waals surface area contributed by atoms with Crippen LogP contribution in [0.4, 0.5) is 17.3 Å². The first-order chi connectivity index (χ1) is 11.3. The second-order valence-corrected chi connectivity index (χ2v) is 5.15. The van der Waals surface area contributed by atoms with Crippen molar-refractivity contribution >= 4 is 35.1 Å². The fourth-order valence-electron chi connectivity index (χ4n) is 2.00. The molecule has 0 radical (unpaired) electrons. The number of aromatic nitrogens is 2. The smallest absolute Gasteiger partial charge is 0.172 e. The van der Waals surface area contributed by atoms with Gasteiger partial charge in [-0.2, -0.15) is 10.4 Å². The molecule has 0 spiro atoms. The fourth-order valence-corrected chi connectivity index (χ4v) is 2.19. The van der Waals surface area contributed by atoms with Crippen molar-refractivity contribution in [2.45, 2.75) is 0 Å². The average molecular weight is 322 g/mol. The Hall–Kier alpha value is -3.10. The van der Waals surface area contributed by atoms with Gasteiger partial charge in [-0.05, 0) is 23.8 Å². The van der Waals surface area contributed by atoms with E-state index in [1.807, 2.05) is 42.5 Å². The largest absolute Gasteiger partial charge is 0.338 e. The average Bonchev–Trinajstić information content (AvgIpc) is 2.95. The lowest BCUT2D eigenvalue weighted by molar-refractivity contribution is 1.09. The number of aromatic amines is 1. The van der Waals surface area contributed by atoms with Gasteiger partial charge in [0.15, 0.2) is 11.6 Å². The van der Waals surface area contributed by atoms with Crippen molar-refractivity contribution in [3.05, 3.63) is 70.7 Å². The van der Waals surface area contributed by atoms with Crippen molar-refractivity contribution in [3.8, 4) is 6.07 Å². The third-order valence-corrected chi connectivity index (χ3v) is 3.32. The molecule has 0 aliphatic heterocycles. The first kappa shape index (κ1) is 14.8. The molecule has 1 heterocycles. The molecule has 0 bridgehead atoms.